The summed E-state index contributed by atoms with van der Waals surface area (Å²) in [5, 5.41) is 0. The highest BCUT2D eigenvalue weighted by Crippen LogP contribution is 2.27. The molecule has 0 aromatic carbocycles. The number of nitrogens with two attached hydrogens (primary N) is 1. The second-order valence-corrected chi connectivity index (χ2v) is 4.64. The quantitative estimate of drug-likeness (QED) is 0.870. The zero-order valence-corrected chi connectivity index (χ0v) is 11.5. The van der Waals surface area contributed by atoms with Crippen LogP contribution < -0.4 is 15.2 Å². The van der Waals surface area contributed by atoms with Crippen LogP contribution in [-0.4, -0.2) is 36.9 Å². The average Bonchev–Trinajstić information content (AvgIpc) is 2.47. The second-order valence-electron chi connectivity index (χ2n) is 4.64. The summed E-state index contributed by atoms with van der Waals surface area (Å²) in [6, 6.07) is -0.239. The van der Waals surface area contributed by atoms with E-state index in [1.54, 1.807) is 20.4 Å². The van der Waals surface area contributed by atoms with E-state index in [1.165, 1.54) is 6.42 Å². The molecule has 6 heteroatoms. The van der Waals surface area contributed by atoms with Gasteiger partial charge in [-0.1, -0.05) is 0 Å². The highest BCUT2D eigenvalue weighted by Gasteiger charge is 2.22. The zero-order chi connectivity index (χ0) is 13.7. The number of hydrogen-bond donors (Lipinski definition) is 1. The molecule has 2 N–H and O–H groups in total. The highest BCUT2D eigenvalue weighted by molar-refractivity contribution is 5.25. The third kappa shape index (κ3) is 3.54. The number of hydrogen-bond acceptors (Lipinski definition) is 6. The van der Waals surface area contributed by atoms with Crippen molar-refractivity contribution in [3.63, 3.8) is 0 Å². The fourth-order valence-corrected chi connectivity index (χ4v) is 2.26. The van der Waals surface area contributed by atoms with E-state index in [-0.39, 0.29) is 12.1 Å². The number of nitrogens with zero attached hydrogens (tertiary/aromatic N) is 2. The standard InChI is InChI=1S/C13H21N3O3/c1-17-11-8-15-12(13(16-11)18-2)10(14)7-9-5-3-4-6-19-9/h8-10H,3-7,14H2,1-2H3. The van der Waals surface area contributed by atoms with E-state index in [4.69, 9.17) is 19.9 Å². The molecule has 1 aliphatic rings. The first-order chi connectivity index (χ1) is 9.24. The van der Waals surface area contributed by atoms with Crippen LogP contribution in [0.5, 0.6) is 11.8 Å². The minimum atomic E-state index is -0.239. The molecule has 2 heterocycles. The summed E-state index contributed by atoms with van der Waals surface area (Å²) in [7, 11) is 3.09. The van der Waals surface area contributed by atoms with Gasteiger partial charge >= 0.3 is 0 Å². The van der Waals surface area contributed by atoms with Crippen molar-refractivity contribution < 1.29 is 14.2 Å². The molecule has 0 amide bonds. The van der Waals surface area contributed by atoms with Crippen LogP contribution in [0.3, 0.4) is 0 Å². The summed E-state index contributed by atoms with van der Waals surface area (Å²) in [6.45, 7) is 0.822. The Bertz CT molecular complexity index is 408. The highest BCUT2D eigenvalue weighted by atomic mass is 16.5. The number of aromatic nitrogens is 2. The largest absolute Gasteiger partial charge is 0.480 e. The molecule has 0 radical (unpaired) electrons. The van der Waals surface area contributed by atoms with Crippen molar-refractivity contribution in [2.75, 3.05) is 20.8 Å². The average molecular weight is 267 g/mol. The molecular formula is C13H21N3O3. The lowest BCUT2D eigenvalue weighted by atomic mass is 10.0. The van der Waals surface area contributed by atoms with Gasteiger partial charge in [-0.2, -0.15) is 4.98 Å². The van der Waals surface area contributed by atoms with Crippen LogP contribution in [0.1, 0.15) is 37.4 Å². The molecule has 0 bridgehead atoms. The van der Waals surface area contributed by atoms with Gasteiger partial charge in [0.15, 0.2) is 0 Å². The topological polar surface area (TPSA) is 79.5 Å². The SMILES string of the molecule is COc1cnc(C(N)CC2CCCCO2)c(OC)n1. The van der Waals surface area contributed by atoms with Gasteiger partial charge in [0.05, 0.1) is 32.6 Å². The summed E-state index contributed by atoms with van der Waals surface area (Å²) in [6.07, 6.45) is 5.88. The number of rotatable bonds is 5. The van der Waals surface area contributed by atoms with Crippen LogP contribution in [-0.2, 0) is 4.74 Å². The van der Waals surface area contributed by atoms with E-state index >= 15 is 0 Å². The van der Waals surface area contributed by atoms with Crippen LogP contribution in [0.25, 0.3) is 0 Å². The van der Waals surface area contributed by atoms with E-state index in [1.807, 2.05) is 0 Å². The molecule has 106 valence electrons. The molecule has 2 unspecified atom stereocenters. The number of ether oxygens (including phenoxy) is 3. The molecule has 1 aliphatic heterocycles. The minimum Gasteiger partial charge on any atom is -0.480 e. The van der Waals surface area contributed by atoms with E-state index in [9.17, 15) is 0 Å². The molecule has 1 saturated heterocycles. The van der Waals surface area contributed by atoms with Crippen molar-refractivity contribution in [2.45, 2.75) is 37.8 Å². The van der Waals surface area contributed by atoms with Gasteiger partial charge in [-0.3, -0.25) is 0 Å². The van der Waals surface area contributed by atoms with E-state index in [0.717, 1.165) is 25.9 Å². The van der Waals surface area contributed by atoms with E-state index in [0.29, 0.717) is 17.5 Å². The van der Waals surface area contributed by atoms with E-state index < -0.39 is 0 Å². The Morgan fingerprint density at radius 3 is 2.89 bits per heavy atom. The fourth-order valence-electron chi connectivity index (χ4n) is 2.26. The molecule has 1 aromatic rings. The van der Waals surface area contributed by atoms with Crippen LogP contribution in [0.15, 0.2) is 6.20 Å². The maximum atomic E-state index is 6.19. The van der Waals surface area contributed by atoms with Crippen LogP contribution in [0.4, 0.5) is 0 Å². The summed E-state index contributed by atoms with van der Waals surface area (Å²) < 4.78 is 15.9. The summed E-state index contributed by atoms with van der Waals surface area (Å²) >= 11 is 0. The van der Waals surface area contributed by atoms with Crippen molar-refractivity contribution in [2.24, 2.45) is 5.73 Å². The molecule has 2 atom stereocenters. The number of methoxy groups -OCH3 is 2. The van der Waals surface area contributed by atoms with Gasteiger partial charge < -0.3 is 19.9 Å². The lowest BCUT2D eigenvalue weighted by Gasteiger charge is -2.25. The first kappa shape index (κ1) is 14.0. The molecule has 6 nitrogen and oxygen atoms in total. The maximum Gasteiger partial charge on any atom is 0.240 e. The Labute approximate surface area is 113 Å². The van der Waals surface area contributed by atoms with Gasteiger partial charge in [-0.05, 0) is 25.7 Å². The Morgan fingerprint density at radius 2 is 2.26 bits per heavy atom. The lowest BCUT2D eigenvalue weighted by Crippen LogP contribution is -2.25. The summed E-state index contributed by atoms with van der Waals surface area (Å²) in [4.78, 5) is 8.49. The predicted molar refractivity (Wildman–Crippen MR) is 70.3 cm³/mol. The van der Waals surface area contributed by atoms with Crippen molar-refractivity contribution in [3.8, 4) is 11.8 Å². The van der Waals surface area contributed by atoms with Crippen LogP contribution in [0.2, 0.25) is 0 Å². The molecular weight excluding hydrogens is 246 g/mol. The van der Waals surface area contributed by atoms with Crippen LogP contribution >= 0.6 is 0 Å². The molecule has 19 heavy (non-hydrogen) atoms. The Kier molecular flexibility index (Phi) is 4.93. The third-order valence-electron chi connectivity index (χ3n) is 3.29. The normalized spacial score (nSPS) is 20.9. The molecule has 0 saturated carbocycles. The zero-order valence-electron chi connectivity index (χ0n) is 11.5. The van der Waals surface area contributed by atoms with Crippen molar-refractivity contribution >= 4 is 0 Å². The Hall–Kier alpha value is -1.40. The first-order valence-corrected chi connectivity index (χ1v) is 6.56. The fraction of sp³-hybridized carbons (Fsp3) is 0.692. The van der Waals surface area contributed by atoms with Gasteiger partial charge in [0, 0.05) is 6.61 Å². The maximum absolute atomic E-state index is 6.19. The van der Waals surface area contributed by atoms with Gasteiger partial charge in [-0.25, -0.2) is 4.98 Å². The summed E-state index contributed by atoms with van der Waals surface area (Å²) in [5.41, 5.74) is 6.84. The molecule has 1 fully saturated rings. The van der Waals surface area contributed by atoms with Crippen molar-refractivity contribution in [1.82, 2.24) is 9.97 Å². The Balaban J connectivity index is 2.06. The van der Waals surface area contributed by atoms with Gasteiger partial charge in [0.1, 0.15) is 5.69 Å². The second kappa shape index (κ2) is 6.68. The van der Waals surface area contributed by atoms with Gasteiger partial charge in [-0.15, -0.1) is 0 Å². The van der Waals surface area contributed by atoms with Gasteiger partial charge in [0.2, 0.25) is 11.8 Å². The predicted octanol–water partition coefficient (Wildman–Crippen LogP) is 1.45. The smallest absolute Gasteiger partial charge is 0.240 e. The van der Waals surface area contributed by atoms with E-state index in [2.05, 4.69) is 9.97 Å². The summed E-state index contributed by atoms with van der Waals surface area (Å²) in [5.74, 6) is 0.837. The Morgan fingerprint density at radius 1 is 1.42 bits per heavy atom. The van der Waals surface area contributed by atoms with Crippen molar-refractivity contribution in [1.29, 1.82) is 0 Å². The molecule has 0 spiro atoms. The molecule has 1 aromatic heterocycles. The molecule has 2 rings (SSSR count). The lowest BCUT2D eigenvalue weighted by molar-refractivity contribution is 0.00694. The monoisotopic (exact) mass is 267 g/mol. The third-order valence-corrected chi connectivity index (χ3v) is 3.29. The molecule has 0 aliphatic carbocycles. The van der Waals surface area contributed by atoms with Gasteiger partial charge in [0.25, 0.3) is 0 Å². The van der Waals surface area contributed by atoms with Crippen molar-refractivity contribution in [3.05, 3.63) is 11.9 Å². The minimum absolute atomic E-state index is 0.206. The first-order valence-electron chi connectivity index (χ1n) is 6.56. The van der Waals surface area contributed by atoms with Crippen LogP contribution in [0, 0.1) is 0 Å².